The van der Waals surface area contributed by atoms with E-state index in [1.165, 1.54) is 13.0 Å². The van der Waals surface area contributed by atoms with Crippen LogP contribution in [-0.2, 0) is 22.1 Å². The van der Waals surface area contributed by atoms with Gasteiger partial charge in [-0.25, -0.2) is 8.78 Å². The molecule has 114 valence electrons. The lowest BCUT2D eigenvalue weighted by atomic mass is 9.95. The van der Waals surface area contributed by atoms with Crippen molar-refractivity contribution in [2.75, 3.05) is 6.61 Å². The van der Waals surface area contributed by atoms with Gasteiger partial charge in [0.1, 0.15) is 0 Å². The van der Waals surface area contributed by atoms with Crippen LogP contribution in [0.1, 0.15) is 35.6 Å². The zero-order chi connectivity index (χ0) is 16.2. The normalized spacial score (nSPS) is 11.3. The van der Waals surface area contributed by atoms with E-state index in [4.69, 9.17) is 5.26 Å². The number of carbonyl (C=O) groups is 1. The molecule has 1 aromatic carbocycles. The second kappa shape index (κ2) is 6.52. The highest BCUT2D eigenvalue weighted by atomic mass is 19.4. The second-order valence-electron chi connectivity index (χ2n) is 3.98. The fourth-order valence-corrected chi connectivity index (χ4v) is 1.76. The van der Waals surface area contributed by atoms with Gasteiger partial charge in [0.15, 0.2) is 0 Å². The maximum Gasteiger partial charge on any atom is 0.416 e. The molecule has 0 N–H and O–H groups in total. The number of nitrogens with zero attached hydrogens (tertiary/aromatic N) is 1. The van der Waals surface area contributed by atoms with E-state index in [-0.39, 0.29) is 6.61 Å². The molecule has 0 aliphatic rings. The van der Waals surface area contributed by atoms with Gasteiger partial charge >= 0.3 is 12.1 Å². The highest BCUT2D eigenvalue weighted by molar-refractivity contribution is 5.74. The third-order valence-electron chi connectivity index (χ3n) is 2.58. The monoisotopic (exact) mass is 307 g/mol. The number of esters is 1. The summed E-state index contributed by atoms with van der Waals surface area (Å²) in [5.41, 5.74) is -3.83. The highest BCUT2D eigenvalue weighted by Crippen LogP contribution is 2.37. The minimum Gasteiger partial charge on any atom is -0.466 e. The number of alkyl halides is 5. The van der Waals surface area contributed by atoms with Crippen LogP contribution in [0.2, 0.25) is 0 Å². The summed E-state index contributed by atoms with van der Waals surface area (Å²) in [6, 6.07) is 2.48. The van der Waals surface area contributed by atoms with Crippen molar-refractivity contribution >= 4 is 5.97 Å². The van der Waals surface area contributed by atoms with E-state index in [0.29, 0.717) is 12.1 Å². The maximum absolute atomic E-state index is 12.9. The first kappa shape index (κ1) is 16.9. The summed E-state index contributed by atoms with van der Waals surface area (Å²) in [6.45, 7) is 1.36. The second-order valence-corrected chi connectivity index (χ2v) is 3.98. The van der Waals surface area contributed by atoms with E-state index in [9.17, 15) is 26.7 Å². The van der Waals surface area contributed by atoms with Crippen LogP contribution in [0.25, 0.3) is 0 Å². The molecule has 21 heavy (non-hydrogen) atoms. The van der Waals surface area contributed by atoms with Crippen LogP contribution in [0, 0.1) is 11.3 Å². The summed E-state index contributed by atoms with van der Waals surface area (Å²) in [5, 5.41) is 8.64. The van der Waals surface area contributed by atoms with Gasteiger partial charge in [0, 0.05) is 5.56 Å². The van der Waals surface area contributed by atoms with Crippen molar-refractivity contribution in [1.82, 2.24) is 0 Å². The number of halogens is 5. The van der Waals surface area contributed by atoms with Gasteiger partial charge in [-0.1, -0.05) is 0 Å². The molecule has 1 rings (SSSR count). The lowest BCUT2D eigenvalue weighted by Crippen LogP contribution is -2.17. The Labute approximate surface area is 116 Å². The lowest BCUT2D eigenvalue weighted by molar-refractivity contribution is -0.143. The molecule has 0 unspecified atom stereocenters. The molecule has 0 bridgehead atoms. The lowest BCUT2D eigenvalue weighted by Gasteiger charge is -2.17. The first-order chi connectivity index (χ1) is 9.70. The van der Waals surface area contributed by atoms with Crippen LogP contribution in [0.15, 0.2) is 12.1 Å². The number of carbonyl (C=O) groups excluding carboxylic acids is 1. The predicted octanol–water partition coefficient (Wildman–Crippen LogP) is 3.62. The molecular weight excluding hydrogens is 297 g/mol. The van der Waals surface area contributed by atoms with Crippen LogP contribution in [-0.4, -0.2) is 12.6 Å². The van der Waals surface area contributed by atoms with Gasteiger partial charge in [-0.05, 0) is 24.6 Å². The number of ether oxygens (including phenoxy) is 1. The molecule has 0 heterocycles. The van der Waals surface area contributed by atoms with Gasteiger partial charge in [-0.3, -0.25) is 4.79 Å². The average Bonchev–Trinajstić information content (AvgIpc) is 2.37. The fourth-order valence-electron chi connectivity index (χ4n) is 1.76. The van der Waals surface area contributed by atoms with Crippen molar-refractivity contribution in [2.24, 2.45) is 0 Å². The Morgan fingerprint density at radius 1 is 1.38 bits per heavy atom. The van der Waals surface area contributed by atoms with E-state index in [2.05, 4.69) is 4.74 Å². The molecule has 0 aliphatic heterocycles. The van der Waals surface area contributed by atoms with E-state index in [0.717, 1.165) is 0 Å². The molecule has 0 saturated carbocycles. The van der Waals surface area contributed by atoms with Gasteiger partial charge in [-0.2, -0.15) is 18.4 Å². The van der Waals surface area contributed by atoms with Gasteiger partial charge in [0.2, 0.25) is 0 Å². The van der Waals surface area contributed by atoms with Crippen molar-refractivity contribution < 1.29 is 31.5 Å². The SMILES string of the molecule is CCOC(=O)Cc1c(C(F)F)cc(C#N)cc1C(F)(F)F. The van der Waals surface area contributed by atoms with Crippen LogP contribution in [0.3, 0.4) is 0 Å². The Morgan fingerprint density at radius 3 is 2.43 bits per heavy atom. The first-order valence-electron chi connectivity index (χ1n) is 5.78. The molecule has 0 aliphatic carbocycles. The van der Waals surface area contributed by atoms with Gasteiger partial charge in [0.05, 0.1) is 30.2 Å². The van der Waals surface area contributed by atoms with Crippen molar-refractivity contribution in [3.8, 4) is 6.07 Å². The van der Waals surface area contributed by atoms with E-state index in [1.807, 2.05) is 0 Å². The summed E-state index contributed by atoms with van der Waals surface area (Å²) < 4.78 is 69.1. The van der Waals surface area contributed by atoms with E-state index < -0.39 is 47.2 Å². The number of hydrogen-bond donors (Lipinski definition) is 0. The number of nitriles is 1. The van der Waals surface area contributed by atoms with Crippen molar-refractivity contribution in [3.05, 3.63) is 34.4 Å². The van der Waals surface area contributed by atoms with Gasteiger partial charge in [-0.15, -0.1) is 0 Å². The average molecular weight is 307 g/mol. The summed E-state index contributed by atoms with van der Waals surface area (Å²) >= 11 is 0. The zero-order valence-electron chi connectivity index (χ0n) is 10.8. The van der Waals surface area contributed by atoms with Crippen LogP contribution in [0.5, 0.6) is 0 Å². The predicted molar refractivity (Wildman–Crippen MR) is 61.5 cm³/mol. The third-order valence-corrected chi connectivity index (χ3v) is 2.58. The molecule has 0 fully saturated rings. The standard InChI is InChI=1S/C13H10F5NO2/c1-2-21-11(20)5-8-9(12(14)15)3-7(6-19)4-10(8)13(16,17)18/h3-4,12H,2,5H2,1H3. The molecule has 0 spiro atoms. The summed E-state index contributed by atoms with van der Waals surface area (Å²) in [4.78, 5) is 11.3. The molecule has 0 atom stereocenters. The number of rotatable bonds is 4. The van der Waals surface area contributed by atoms with Crippen molar-refractivity contribution in [1.29, 1.82) is 5.26 Å². The third kappa shape index (κ3) is 4.15. The molecule has 3 nitrogen and oxygen atoms in total. The number of benzene rings is 1. The highest BCUT2D eigenvalue weighted by Gasteiger charge is 2.36. The van der Waals surface area contributed by atoms with Crippen LogP contribution >= 0.6 is 0 Å². The molecule has 0 amide bonds. The Kier molecular flexibility index (Phi) is 5.24. The molecule has 1 aromatic rings. The van der Waals surface area contributed by atoms with Gasteiger partial charge in [0.25, 0.3) is 6.43 Å². The zero-order valence-corrected chi connectivity index (χ0v) is 10.8. The Morgan fingerprint density at radius 2 is 2.00 bits per heavy atom. The summed E-state index contributed by atoms with van der Waals surface area (Å²) in [6.07, 6.45) is -9.14. The molecule has 8 heteroatoms. The van der Waals surface area contributed by atoms with E-state index in [1.54, 1.807) is 0 Å². The smallest absolute Gasteiger partial charge is 0.416 e. The summed E-state index contributed by atoms with van der Waals surface area (Å²) in [7, 11) is 0. The summed E-state index contributed by atoms with van der Waals surface area (Å²) in [5.74, 6) is -1.05. The minimum atomic E-state index is -4.96. The van der Waals surface area contributed by atoms with Crippen molar-refractivity contribution in [2.45, 2.75) is 25.9 Å². The minimum absolute atomic E-state index is 0.0829. The van der Waals surface area contributed by atoms with Crippen LogP contribution in [0.4, 0.5) is 22.0 Å². The van der Waals surface area contributed by atoms with Crippen molar-refractivity contribution in [3.63, 3.8) is 0 Å². The maximum atomic E-state index is 12.9. The van der Waals surface area contributed by atoms with E-state index >= 15 is 0 Å². The molecule has 0 saturated heterocycles. The Bertz CT molecular complexity index is 575. The topological polar surface area (TPSA) is 50.1 Å². The van der Waals surface area contributed by atoms with Crippen LogP contribution < -0.4 is 0 Å². The fraction of sp³-hybridized carbons (Fsp3) is 0.385. The molecule has 0 radical (unpaired) electrons. The molecule has 0 aromatic heterocycles. The first-order valence-corrected chi connectivity index (χ1v) is 5.78. The Hall–Kier alpha value is -2.17. The quantitative estimate of drug-likeness (QED) is 0.630. The van der Waals surface area contributed by atoms with Gasteiger partial charge < -0.3 is 4.74 Å². The number of hydrogen-bond acceptors (Lipinski definition) is 3. The Balaban J connectivity index is 3.48. The largest absolute Gasteiger partial charge is 0.466 e. The molecular formula is C13H10F5NO2.